The molecule has 7 aliphatic rings. The average molecular weight is 664 g/mol. The van der Waals surface area contributed by atoms with Crippen LogP contribution < -0.4 is 0 Å². The minimum Gasteiger partial charge on any atom is -0.480 e. The number of carboxylic acid groups (broad SMARTS) is 1. The van der Waals surface area contributed by atoms with E-state index in [1.807, 2.05) is 18.7 Å². The molecule has 2 N–H and O–H groups in total. The summed E-state index contributed by atoms with van der Waals surface area (Å²) in [4.78, 5) is 25.2. The van der Waals surface area contributed by atoms with Crippen molar-refractivity contribution in [1.29, 1.82) is 0 Å². The molecule has 0 amide bonds. The normalized spacial score (nSPS) is 45.8. The maximum Gasteiger partial charge on any atom is 0.317 e. The molecule has 9 nitrogen and oxygen atoms in total. The van der Waals surface area contributed by atoms with Gasteiger partial charge in [0.1, 0.15) is 0 Å². The lowest BCUT2D eigenvalue weighted by Crippen LogP contribution is -2.56. The molecule has 5 aliphatic carbocycles. The van der Waals surface area contributed by atoms with Crippen molar-refractivity contribution < 1.29 is 40.2 Å². The van der Waals surface area contributed by atoms with Gasteiger partial charge in [0, 0.05) is 14.9 Å². The lowest BCUT2D eigenvalue weighted by molar-refractivity contribution is -0.245. The van der Waals surface area contributed by atoms with Crippen molar-refractivity contribution in [2.24, 2.45) is 45.3 Å². The molecule has 0 aromatic heterocycles. The molecule has 7 rings (SSSR count). The second-order valence-corrected chi connectivity index (χ2v) is 17.6. The third-order valence-electron chi connectivity index (χ3n) is 14.7. The van der Waals surface area contributed by atoms with Crippen LogP contribution in [0, 0.1) is 45.3 Å². The monoisotopic (exact) mass is 663 g/mol. The molecule has 8 unspecified atom stereocenters. The van der Waals surface area contributed by atoms with Crippen LogP contribution in [0.15, 0.2) is 0 Å². The van der Waals surface area contributed by atoms with Gasteiger partial charge in [0.05, 0.1) is 43.6 Å². The minimum atomic E-state index is -1.16. The molecular formula is C38H65NO8. The van der Waals surface area contributed by atoms with Crippen LogP contribution in [-0.4, -0.2) is 89.6 Å². The van der Waals surface area contributed by atoms with Crippen molar-refractivity contribution in [3.8, 4) is 0 Å². The molecule has 270 valence electrons. The fraction of sp³-hybridized carbons (Fsp3) is 0.947. The van der Waals surface area contributed by atoms with Gasteiger partial charge in [0.25, 0.3) is 0 Å². The molecule has 0 aromatic rings. The molecule has 0 bridgehead atoms. The predicted molar refractivity (Wildman–Crippen MR) is 180 cm³/mol. The highest BCUT2D eigenvalue weighted by molar-refractivity contribution is 5.69. The zero-order valence-corrected chi connectivity index (χ0v) is 30.4. The fourth-order valence-corrected chi connectivity index (χ4v) is 12.8. The van der Waals surface area contributed by atoms with Crippen LogP contribution in [0.25, 0.3) is 0 Å². The number of nitrogens with zero attached hydrogens (tertiary/aromatic N) is 1. The Hall–Kier alpha value is -1.26. The van der Waals surface area contributed by atoms with E-state index in [4.69, 9.17) is 18.9 Å². The number of esters is 1. The first-order valence-electron chi connectivity index (χ1n) is 18.9. The number of fused-ring (bicyclic) bond motifs is 4. The Morgan fingerprint density at radius 3 is 2.40 bits per heavy atom. The average Bonchev–Trinajstić information content (AvgIpc) is 3.57. The van der Waals surface area contributed by atoms with Gasteiger partial charge in [-0.1, -0.05) is 34.6 Å². The first-order chi connectivity index (χ1) is 22.1. The van der Waals surface area contributed by atoms with Gasteiger partial charge in [-0.25, -0.2) is 0 Å². The van der Waals surface area contributed by atoms with E-state index in [1.54, 1.807) is 13.8 Å². The fourth-order valence-electron chi connectivity index (χ4n) is 12.8. The van der Waals surface area contributed by atoms with E-state index in [2.05, 4.69) is 20.8 Å². The number of carbonyl (C=O) groups is 2. The van der Waals surface area contributed by atoms with E-state index < -0.39 is 17.7 Å². The van der Waals surface area contributed by atoms with E-state index in [0.717, 1.165) is 31.6 Å². The van der Waals surface area contributed by atoms with Gasteiger partial charge in [0.2, 0.25) is 0 Å². The second kappa shape index (κ2) is 12.5. The summed E-state index contributed by atoms with van der Waals surface area (Å²) in [5, 5.41) is 20.2. The molecule has 9 heteroatoms. The topological polar surface area (TPSA) is 115 Å². The Morgan fingerprint density at radius 2 is 1.72 bits per heavy atom. The SMILES string of the molecule is CC.CC(=O)O[C@@H](C1CCC2C(CC3C4CCC5C(C)(C)[C@@H](OC6CN(CC(=O)O)CCO6)CC[C@@]56C[C@@]46CCC23C)O1)C(C)(C)O.[HH]. The quantitative estimate of drug-likeness (QED) is 0.303. The van der Waals surface area contributed by atoms with Crippen molar-refractivity contribution >= 4 is 11.9 Å². The molecular weight excluding hydrogens is 598 g/mol. The third-order valence-corrected chi connectivity index (χ3v) is 14.7. The Morgan fingerprint density at radius 1 is 1.00 bits per heavy atom. The molecule has 7 fully saturated rings. The van der Waals surface area contributed by atoms with Gasteiger partial charge < -0.3 is 29.2 Å². The highest BCUT2D eigenvalue weighted by Gasteiger charge is 2.80. The third kappa shape index (κ3) is 5.80. The summed E-state index contributed by atoms with van der Waals surface area (Å²) in [7, 11) is 0. The van der Waals surface area contributed by atoms with Gasteiger partial charge in [-0.05, 0) is 123 Å². The van der Waals surface area contributed by atoms with Gasteiger partial charge in [0.15, 0.2) is 12.4 Å². The first-order valence-corrected chi connectivity index (χ1v) is 18.9. The number of carbonyl (C=O) groups excluding carboxylic acids is 1. The highest BCUT2D eigenvalue weighted by Crippen LogP contribution is 2.87. The summed E-state index contributed by atoms with van der Waals surface area (Å²) >= 11 is 0. The smallest absolute Gasteiger partial charge is 0.317 e. The van der Waals surface area contributed by atoms with Gasteiger partial charge in [-0.15, -0.1) is 0 Å². The Balaban J connectivity index is 0.00000148. The van der Waals surface area contributed by atoms with Crippen LogP contribution in [0.3, 0.4) is 0 Å². The van der Waals surface area contributed by atoms with Crippen molar-refractivity contribution in [3.05, 3.63) is 0 Å². The zero-order valence-electron chi connectivity index (χ0n) is 30.4. The Labute approximate surface area is 284 Å². The Kier molecular flexibility index (Phi) is 9.46. The number of ether oxygens (including phenoxy) is 4. The lowest BCUT2D eigenvalue weighted by Gasteiger charge is -2.60. The van der Waals surface area contributed by atoms with Crippen molar-refractivity contribution in [2.75, 3.05) is 26.2 Å². The highest BCUT2D eigenvalue weighted by atomic mass is 16.7. The minimum absolute atomic E-state index is 0. The molecule has 2 saturated heterocycles. The van der Waals surface area contributed by atoms with Crippen molar-refractivity contribution in [1.82, 2.24) is 4.90 Å². The van der Waals surface area contributed by atoms with Gasteiger partial charge in [-0.2, -0.15) is 0 Å². The molecule has 2 spiro atoms. The standard InChI is InChI=1S/C36H57NO8.C2H6.H2/c1-21(38)43-31(33(4,5)41)25-9-7-23-26(44-25)17-24-22-8-10-27-32(2,3)28(45-30-19-37(15-16-42-30)18-29(39)40)11-12-36(27)20-35(22,36)14-13-34(23,24)6;1-2;/h22-28,30-31,41H,7-20H2,1-6H3,(H,39,40);1-2H3;1H/t22?,23?,24?,25?,26?,27?,28-,30?,31-,34?,35-,36+;;/m0../s1. The maximum absolute atomic E-state index is 11.9. The largest absolute Gasteiger partial charge is 0.480 e. The van der Waals surface area contributed by atoms with Crippen LogP contribution in [-0.2, 0) is 28.5 Å². The van der Waals surface area contributed by atoms with Crippen LogP contribution in [0.1, 0.15) is 121 Å². The number of hydrogen-bond donors (Lipinski definition) is 2. The van der Waals surface area contributed by atoms with E-state index >= 15 is 0 Å². The van der Waals surface area contributed by atoms with Crippen LogP contribution in [0.2, 0.25) is 0 Å². The molecule has 2 heterocycles. The first kappa shape index (κ1) is 35.6. The van der Waals surface area contributed by atoms with Crippen molar-refractivity contribution in [3.63, 3.8) is 0 Å². The van der Waals surface area contributed by atoms with E-state index in [1.165, 1.54) is 45.4 Å². The van der Waals surface area contributed by atoms with E-state index in [0.29, 0.717) is 48.3 Å². The number of carboxylic acids is 1. The summed E-state index contributed by atoms with van der Waals surface area (Å²) in [6, 6.07) is 0. The second-order valence-electron chi connectivity index (χ2n) is 17.6. The van der Waals surface area contributed by atoms with Gasteiger partial charge >= 0.3 is 11.9 Å². The van der Waals surface area contributed by atoms with Crippen LogP contribution >= 0.6 is 0 Å². The zero-order chi connectivity index (χ0) is 34.2. The molecule has 47 heavy (non-hydrogen) atoms. The summed E-state index contributed by atoms with van der Waals surface area (Å²) in [5.41, 5.74) is 0.000213. The molecule has 12 atom stereocenters. The number of hydrogen-bond acceptors (Lipinski definition) is 8. The predicted octanol–water partition coefficient (Wildman–Crippen LogP) is 6.30. The van der Waals surface area contributed by atoms with Gasteiger partial charge in [-0.3, -0.25) is 14.5 Å². The molecule has 0 radical (unpaired) electrons. The Bertz CT molecular complexity index is 1190. The number of rotatable bonds is 7. The molecule has 5 saturated carbocycles. The summed E-state index contributed by atoms with van der Waals surface area (Å²) in [6.45, 7) is 18.0. The lowest BCUT2D eigenvalue weighted by atomic mass is 9.46. The number of aliphatic hydroxyl groups is 1. The summed E-state index contributed by atoms with van der Waals surface area (Å²) < 4.78 is 25.2. The van der Waals surface area contributed by atoms with Crippen molar-refractivity contribution in [2.45, 2.75) is 156 Å². The maximum atomic E-state index is 11.9. The van der Waals surface area contributed by atoms with E-state index in [-0.39, 0.29) is 49.4 Å². The molecule has 0 aromatic carbocycles. The van der Waals surface area contributed by atoms with Crippen LogP contribution in [0.5, 0.6) is 0 Å². The molecule has 2 aliphatic heterocycles. The van der Waals surface area contributed by atoms with Crippen LogP contribution in [0.4, 0.5) is 0 Å². The number of morpholine rings is 1. The summed E-state index contributed by atoms with van der Waals surface area (Å²) in [5.74, 6) is 1.37. The summed E-state index contributed by atoms with van der Waals surface area (Å²) in [6.07, 6.45) is 10.7. The van der Waals surface area contributed by atoms with E-state index in [9.17, 15) is 19.8 Å². The number of aliphatic carboxylic acids is 1.